The van der Waals surface area contributed by atoms with Crippen LogP contribution >= 0.6 is 23.2 Å². The Labute approximate surface area is 131 Å². The van der Waals surface area contributed by atoms with Gasteiger partial charge in [-0.25, -0.2) is 13.5 Å². The standard InChI is InChI=1S/C14H15Cl2F2N3/c1-8(2)19-6-9-7-20-21(13(9)14(17)18)12-4-3-10(15)5-11(12)16/h3-5,7-8,14,19H,6H2,1-2H3. The fourth-order valence-corrected chi connectivity index (χ4v) is 2.41. The summed E-state index contributed by atoms with van der Waals surface area (Å²) in [7, 11) is 0. The van der Waals surface area contributed by atoms with Gasteiger partial charge in [-0.2, -0.15) is 5.10 Å². The van der Waals surface area contributed by atoms with Crippen LogP contribution in [0.3, 0.4) is 0 Å². The fourth-order valence-electron chi connectivity index (χ4n) is 1.92. The second kappa shape index (κ2) is 6.73. The summed E-state index contributed by atoms with van der Waals surface area (Å²) in [5, 5.41) is 7.86. The van der Waals surface area contributed by atoms with Gasteiger partial charge in [-0.15, -0.1) is 0 Å². The van der Waals surface area contributed by atoms with Gasteiger partial charge in [0.05, 0.1) is 16.9 Å². The van der Waals surface area contributed by atoms with Crippen LogP contribution in [0.1, 0.15) is 31.5 Å². The number of nitrogens with one attached hydrogen (secondary N) is 1. The number of halogens is 4. The lowest BCUT2D eigenvalue weighted by molar-refractivity contribution is 0.141. The minimum atomic E-state index is -2.65. The van der Waals surface area contributed by atoms with E-state index in [0.29, 0.717) is 22.8 Å². The molecule has 1 aromatic carbocycles. The van der Waals surface area contributed by atoms with Crippen molar-refractivity contribution < 1.29 is 8.78 Å². The Morgan fingerprint density at radius 2 is 2.00 bits per heavy atom. The van der Waals surface area contributed by atoms with Crippen LogP contribution in [0.15, 0.2) is 24.4 Å². The molecule has 0 radical (unpaired) electrons. The van der Waals surface area contributed by atoms with Crippen molar-refractivity contribution in [1.29, 1.82) is 0 Å². The maximum absolute atomic E-state index is 13.4. The van der Waals surface area contributed by atoms with Crippen molar-refractivity contribution in [3.8, 4) is 5.69 Å². The third-order valence-electron chi connectivity index (χ3n) is 2.93. The van der Waals surface area contributed by atoms with E-state index in [9.17, 15) is 8.78 Å². The summed E-state index contributed by atoms with van der Waals surface area (Å²) in [5.74, 6) is 0. The van der Waals surface area contributed by atoms with Crippen LogP contribution in [-0.2, 0) is 6.54 Å². The molecular formula is C14H15Cl2F2N3. The topological polar surface area (TPSA) is 29.9 Å². The summed E-state index contributed by atoms with van der Waals surface area (Å²) in [5.41, 5.74) is 0.671. The molecule has 2 rings (SSSR count). The summed E-state index contributed by atoms with van der Waals surface area (Å²) in [4.78, 5) is 0. The summed E-state index contributed by atoms with van der Waals surface area (Å²) in [6.07, 6.45) is -1.22. The molecular weight excluding hydrogens is 319 g/mol. The molecule has 2 aromatic rings. The van der Waals surface area contributed by atoms with Gasteiger partial charge in [-0.1, -0.05) is 37.0 Å². The molecule has 1 N–H and O–H groups in total. The Hall–Kier alpha value is -1.17. The number of rotatable bonds is 5. The molecule has 3 nitrogen and oxygen atoms in total. The largest absolute Gasteiger partial charge is 0.310 e. The minimum absolute atomic E-state index is 0.160. The van der Waals surface area contributed by atoms with Crippen LogP contribution in [0, 0.1) is 0 Å². The first-order chi connectivity index (χ1) is 9.90. The predicted octanol–water partition coefficient (Wildman–Crippen LogP) is 4.61. The molecule has 0 fully saturated rings. The van der Waals surface area contributed by atoms with Gasteiger partial charge in [0.1, 0.15) is 5.69 Å². The molecule has 0 aliphatic heterocycles. The Balaban J connectivity index is 2.44. The molecule has 7 heteroatoms. The highest BCUT2D eigenvalue weighted by Gasteiger charge is 2.22. The van der Waals surface area contributed by atoms with E-state index in [1.807, 2.05) is 13.8 Å². The normalized spacial score (nSPS) is 11.6. The summed E-state index contributed by atoms with van der Waals surface area (Å²) < 4.78 is 27.9. The van der Waals surface area contributed by atoms with Gasteiger partial charge in [-0.05, 0) is 18.2 Å². The van der Waals surface area contributed by atoms with Crippen LogP contribution < -0.4 is 5.32 Å². The highest BCUT2D eigenvalue weighted by molar-refractivity contribution is 6.35. The third-order valence-corrected chi connectivity index (χ3v) is 3.47. The maximum Gasteiger partial charge on any atom is 0.280 e. The van der Waals surface area contributed by atoms with Crippen LogP contribution in [0.4, 0.5) is 8.78 Å². The number of hydrogen-bond donors (Lipinski definition) is 1. The average Bonchev–Trinajstić information content (AvgIpc) is 2.80. The number of alkyl halides is 2. The van der Waals surface area contributed by atoms with E-state index in [1.165, 1.54) is 16.9 Å². The number of benzene rings is 1. The van der Waals surface area contributed by atoms with Crippen LogP contribution in [0.2, 0.25) is 10.0 Å². The molecule has 0 saturated carbocycles. The zero-order valence-electron chi connectivity index (χ0n) is 11.6. The molecule has 1 aromatic heterocycles. The van der Waals surface area contributed by atoms with Crippen molar-refractivity contribution in [2.45, 2.75) is 32.9 Å². The predicted molar refractivity (Wildman–Crippen MR) is 80.5 cm³/mol. The van der Waals surface area contributed by atoms with Gasteiger partial charge >= 0.3 is 0 Å². The molecule has 0 unspecified atom stereocenters. The third kappa shape index (κ3) is 3.73. The van der Waals surface area contributed by atoms with Gasteiger partial charge in [0, 0.05) is 23.2 Å². The van der Waals surface area contributed by atoms with Crippen molar-refractivity contribution >= 4 is 23.2 Å². The molecule has 114 valence electrons. The second-order valence-electron chi connectivity index (χ2n) is 4.90. The first-order valence-electron chi connectivity index (χ1n) is 6.44. The van der Waals surface area contributed by atoms with E-state index < -0.39 is 6.43 Å². The SMILES string of the molecule is CC(C)NCc1cnn(-c2ccc(Cl)cc2Cl)c1C(F)F. The van der Waals surface area contributed by atoms with E-state index in [4.69, 9.17) is 23.2 Å². The lowest BCUT2D eigenvalue weighted by Crippen LogP contribution is -2.22. The highest BCUT2D eigenvalue weighted by Crippen LogP contribution is 2.30. The number of aromatic nitrogens is 2. The van der Waals surface area contributed by atoms with Gasteiger partial charge in [0.25, 0.3) is 6.43 Å². The van der Waals surface area contributed by atoms with E-state index in [1.54, 1.807) is 12.1 Å². The van der Waals surface area contributed by atoms with Crippen LogP contribution in [0.5, 0.6) is 0 Å². The minimum Gasteiger partial charge on any atom is -0.310 e. The van der Waals surface area contributed by atoms with Crippen molar-refractivity contribution in [3.05, 3.63) is 45.7 Å². The second-order valence-corrected chi connectivity index (χ2v) is 5.74. The van der Waals surface area contributed by atoms with Gasteiger partial charge < -0.3 is 5.32 Å². The quantitative estimate of drug-likeness (QED) is 0.865. The fraction of sp³-hybridized carbons (Fsp3) is 0.357. The lowest BCUT2D eigenvalue weighted by atomic mass is 10.2. The molecule has 21 heavy (non-hydrogen) atoms. The first kappa shape index (κ1) is 16.2. The molecule has 0 saturated heterocycles. The Morgan fingerprint density at radius 3 is 2.57 bits per heavy atom. The molecule has 0 atom stereocenters. The summed E-state index contributed by atoms with van der Waals surface area (Å²) in [6.45, 7) is 4.22. The molecule has 0 aliphatic carbocycles. The number of nitrogens with zero attached hydrogens (tertiary/aromatic N) is 2. The lowest BCUT2D eigenvalue weighted by Gasteiger charge is -2.12. The van der Waals surface area contributed by atoms with Crippen molar-refractivity contribution in [1.82, 2.24) is 15.1 Å². The monoisotopic (exact) mass is 333 g/mol. The van der Waals surface area contributed by atoms with Crippen molar-refractivity contribution in [2.75, 3.05) is 0 Å². The van der Waals surface area contributed by atoms with E-state index in [-0.39, 0.29) is 16.8 Å². The number of hydrogen-bond acceptors (Lipinski definition) is 2. The molecule has 0 amide bonds. The molecule has 0 spiro atoms. The van der Waals surface area contributed by atoms with Crippen molar-refractivity contribution in [3.63, 3.8) is 0 Å². The van der Waals surface area contributed by atoms with Gasteiger partial charge in [0.15, 0.2) is 0 Å². The smallest absolute Gasteiger partial charge is 0.280 e. The summed E-state index contributed by atoms with van der Waals surface area (Å²) >= 11 is 11.9. The van der Waals surface area contributed by atoms with Gasteiger partial charge in [0.2, 0.25) is 0 Å². The Morgan fingerprint density at radius 1 is 1.29 bits per heavy atom. The molecule has 1 heterocycles. The van der Waals surface area contributed by atoms with E-state index in [0.717, 1.165) is 0 Å². The highest BCUT2D eigenvalue weighted by atomic mass is 35.5. The van der Waals surface area contributed by atoms with Crippen molar-refractivity contribution in [2.24, 2.45) is 0 Å². The Kier molecular flexibility index (Phi) is 5.19. The first-order valence-corrected chi connectivity index (χ1v) is 7.19. The average molecular weight is 334 g/mol. The zero-order chi connectivity index (χ0) is 15.6. The van der Waals surface area contributed by atoms with Crippen LogP contribution in [-0.4, -0.2) is 15.8 Å². The maximum atomic E-state index is 13.4. The van der Waals surface area contributed by atoms with Gasteiger partial charge in [-0.3, -0.25) is 0 Å². The molecule has 0 bridgehead atoms. The summed E-state index contributed by atoms with van der Waals surface area (Å²) in [6, 6.07) is 4.86. The van der Waals surface area contributed by atoms with E-state index >= 15 is 0 Å². The van der Waals surface area contributed by atoms with Crippen LogP contribution in [0.25, 0.3) is 5.69 Å². The Bertz CT molecular complexity index is 627. The molecule has 0 aliphatic rings. The zero-order valence-corrected chi connectivity index (χ0v) is 13.1. The van der Waals surface area contributed by atoms with E-state index in [2.05, 4.69) is 10.4 Å².